The maximum atomic E-state index is 13.7. The molecule has 2 rings (SSSR count). The molecule has 0 radical (unpaired) electrons. The zero-order chi connectivity index (χ0) is 21.1. The van der Waals surface area contributed by atoms with E-state index in [2.05, 4.69) is 20.9 Å². The van der Waals surface area contributed by atoms with Crippen LogP contribution in [-0.2, 0) is 17.8 Å². The molecule has 30 heavy (non-hydrogen) atoms. The van der Waals surface area contributed by atoms with E-state index in [1.54, 1.807) is 12.1 Å². The van der Waals surface area contributed by atoms with Crippen molar-refractivity contribution < 1.29 is 9.18 Å². The number of carbonyl (C=O) groups is 1. The Morgan fingerprint density at radius 2 is 1.87 bits per heavy atom. The highest BCUT2D eigenvalue weighted by molar-refractivity contribution is 14.0. The highest BCUT2D eigenvalue weighted by Crippen LogP contribution is 2.12. The molecule has 1 amide bonds. The van der Waals surface area contributed by atoms with Crippen LogP contribution in [0.2, 0.25) is 0 Å². The lowest BCUT2D eigenvalue weighted by atomic mass is 10.1. The molecule has 0 spiro atoms. The van der Waals surface area contributed by atoms with E-state index in [-0.39, 0.29) is 35.7 Å². The molecule has 0 unspecified atom stereocenters. The first kappa shape index (κ1) is 25.8. The third-order valence-corrected chi connectivity index (χ3v) is 4.08. The van der Waals surface area contributed by atoms with Gasteiger partial charge in [-0.2, -0.15) is 0 Å². The van der Waals surface area contributed by atoms with Gasteiger partial charge in [0.05, 0.1) is 13.1 Å². The molecule has 2 aromatic carbocycles. The first-order valence-electron chi connectivity index (χ1n) is 9.77. The maximum Gasteiger partial charge on any atom is 0.238 e. The van der Waals surface area contributed by atoms with E-state index in [9.17, 15) is 9.18 Å². The summed E-state index contributed by atoms with van der Waals surface area (Å²) in [5, 5.41) is 9.31. The van der Waals surface area contributed by atoms with Crippen LogP contribution < -0.4 is 16.0 Å². The molecule has 0 aromatic heterocycles. The second-order valence-corrected chi connectivity index (χ2v) is 6.95. The van der Waals surface area contributed by atoms with Crippen LogP contribution in [0.15, 0.2) is 53.5 Å². The molecule has 3 N–H and O–H groups in total. The molecule has 6 nitrogen and oxygen atoms in total. The molecule has 0 aliphatic carbocycles. The van der Waals surface area contributed by atoms with Crippen molar-refractivity contribution in [3.05, 3.63) is 65.5 Å². The fourth-order valence-corrected chi connectivity index (χ4v) is 2.76. The Labute approximate surface area is 195 Å². The van der Waals surface area contributed by atoms with E-state index in [4.69, 9.17) is 0 Å². The number of hydrogen-bond acceptors (Lipinski definition) is 3. The average molecular weight is 527 g/mol. The number of nitrogens with zero attached hydrogens (tertiary/aromatic N) is 2. The van der Waals surface area contributed by atoms with Crippen molar-refractivity contribution in [1.82, 2.24) is 15.5 Å². The van der Waals surface area contributed by atoms with Gasteiger partial charge >= 0.3 is 0 Å². The third kappa shape index (κ3) is 9.53. The molecule has 2 aromatic rings. The predicted molar refractivity (Wildman–Crippen MR) is 132 cm³/mol. The second-order valence-electron chi connectivity index (χ2n) is 6.95. The normalized spacial score (nSPS) is 11.0. The van der Waals surface area contributed by atoms with Crippen molar-refractivity contribution in [3.8, 4) is 0 Å². The average Bonchev–Trinajstić information content (AvgIpc) is 2.67. The Kier molecular flexibility index (Phi) is 12.0. The van der Waals surface area contributed by atoms with Crippen molar-refractivity contribution in [1.29, 1.82) is 0 Å². The first-order valence-corrected chi connectivity index (χ1v) is 9.77. The Balaban J connectivity index is 0.00000450. The van der Waals surface area contributed by atoms with Crippen molar-refractivity contribution in [2.24, 2.45) is 4.99 Å². The van der Waals surface area contributed by atoms with Crippen LogP contribution in [0.25, 0.3) is 0 Å². The molecule has 0 saturated heterocycles. The Morgan fingerprint density at radius 1 is 1.10 bits per heavy atom. The summed E-state index contributed by atoms with van der Waals surface area (Å²) in [6.07, 6.45) is 0.574. The molecule has 0 bridgehead atoms. The van der Waals surface area contributed by atoms with Gasteiger partial charge in [0.15, 0.2) is 5.96 Å². The Bertz CT molecular complexity index is 829. The van der Waals surface area contributed by atoms with Gasteiger partial charge < -0.3 is 20.9 Å². The van der Waals surface area contributed by atoms with Gasteiger partial charge in [0, 0.05) is 18.8 Å². The lowest BCUT2D eigenvalue weighted by molar-refractivity contribution is -0.116. The van der Waals surface area contributed by atoms with Gasteiger partial charge in [0.25, 0.3) is 0 Å². The highest BCUT2D eigenvalue weighted by atomic mass is 127. The quantitative estimate of drug-likeness (QED) is 0.266. The summed E-state index contributed by atoms with van der Waals surface area (Å²) in [6, 6.07) is 14.4. The monoisotopic (exact) mass is 527 g/mol. The number of likely N-dealkylation sites (N-methyl/N-ethyl adjacent to an activating group) is 1. The highest BCUT2D eigenvalue weighted by Gasteiger charge is 2.05. The van der Waals surface area contributed by atoms with Crippen molar-refractivity contribution in [2.45, 2.75) is 19.9 Å². The van der Waals surface area contributed by atoms with Gasteiger partial charge in [-0.15, -0.1) is 24.0 Å². The minimum Gasteiger partial charge on any atom is -0.357 e. The van der Waals surface area contributed by atoms with Gasteiger partial charge in [-0.05, 0) is 56.8 Å². The topological polar surface area (TPSA) is 68.8 Å². The number of benzene rings is 2. The molecular weight excluding hydrogens is 496 g/mol. The second kappa shape index (κ2) is 13.9. The van der Waals surface area contributed by atoms with Crippen LogP contribution in [0.3, 0.4) is 0 Å². The first-order chi connectivity index (χ1) is 14.0. The molecule has 0 aliphatic rings. The van der Waals surface area contributed by atoms with Gasteiger partial charge in [0.1, 0.15) is 5.82 Å². The molecule has 8 heteroatoms. The van der Waals surface area contributed by atoms with Crippen LogP contribution in [0, 0.1) is 5.82 Å². The Hall–Kier alpha value is -2.20. The number of aliphatic imine (C=N–C) groups is 1. The standard InChI is InChI=1S/C22H30FN5O.HI/c1-4-24-22(25-13-12-18-9-5-6-11-20(18)23)26-15-17-8-7-10-19(14-17)27-21(29)16-28(2)3;/h5-11,14H,4,12-13,15-16H2,1-3H3,(H,27,29)(H2,24,25,26);1H. The van der Waals surface area contributed by atoms with Crippen molar-refractivity contribution >= 4 is 41.5 Å². The minimum absolute atomic E-state index is 0. The number of rotatable bonds is 9. The summed E-state index contributed by atoms with van der Waals surface area (Å²) in [7, 11) is 3.71. The number of anilines is 1. The number of amides is 1. The number of hydrogen-bond donors (Lipinski definition) is 3. The smallest absolute Gasteiger partial charge is 0.238 e. The van der Waals surface area contributed by atoms with E-state index >= 15 is 0 Å². The van der Waals surface area contributed by atoms with E-state index in [0.717, 1.165) is 17.8 Å². The van der Waals surface area contributed by atoms with Gasteiger partial charge in [-0.3, -0.25) is 4.79 Å². The lowest BCUT2D eigenvalue weighted by Gasteiger charge is -2.12. The molecular formula is C22H31FIN5O. The van der Waals surface area contributed by atoms with Crippen LogP contribution in [0.5, 0.6) is 0 Å². The zero-order valence-electron chi connectivity index (χ0n) is 17.7. The summed E-state index contributed by atoms with van der Waals surface area (Å²) in [5.41, 5.74) is 2.41. The minimum atomic E-state index is -0.190. The largest absolute Gasteiger partial charge is 0.357 e. The van der Waals surface area contributed by atoms with Crippen LogP contribution in [0.4, 0.5) is 10.1 Å². The molecule has 0 heterocycles. The van der Waals surface area contributed by atoms with Crippen LogP contribution >= 0.6 is 24.0 Å². The van der Waals surface area contributed by atoms with Gasteiger partial charge in [-0.25, -0.2) is 9.38 Å². The fraction of sp³-hybridized carbons (Fsp3) is 0.364. The number of carbonyl (C=O) groups excluding carboxylic acids is 1. The Morgan fingerprint density at radius 3 is 2.57 bits per heavy atom. The molecule has 0 atom stereocenters. The molecule has 164 valence electrons. The van der Waals surface area contributed by atoms with Crippen LogP contribution in [-0.4, -0.2) is 50.5 Å². The maximum absolute atomic E-state index is 13.7. The summed E-state index contributed by atoms with van der Waals surface area (Å²) < 4.78 is 13.7. The van der Waals surface area contributed by atoms with Gasteiger partial charge in [-0.1, -0.05) is 30.3 Å². The van der Waals surface area contributed by atoms with E-state index < -0.39 is 0 Å². The lowest BCUT2D eigenvalue weighted by Crippen LogP contribution is -2.38. The summed E-state index contributed by atoms with van der Waals surface area (Å²) in [5.74, 6) is 0.425. The molecule has 0 aliphatic heterocycles. The fourth-order valence-electron chi connectivity index (χ4n) is 2.76. The van der Waals surface area contributed by atoms with Crippen molar-refractivity contribution in [2.75, 3.05) is 39.0 Å². The number of guanidine groups is 1. The SMILES string of the molecule is CCNC(=NCc1cccc(NC(=O)CN(C)C)c1)NCCc1ccccc1F.I. The summed E-state index contributed by atoms with van der Waals surface area (Å²) in [4.78, 5) is 18.3. The molecule has 0 saturated carbocycles. The molecule has 0 fully saturated rings. The van der Waals surface area contributed by atoms with Crippen molar-refractivity contribution in [3.63, 3.8) is 0 Å². The number of halogens is 2. The summed E-state index contributed by atoms with van der Waals surface area (Å²) >= 11 is 0. The van der Waals surface area contributed by atoms with Crippen LogP contribution in [0.1, 0.15) is 18.1 Å². The van der Waals surface area contributed by atoms with Gasteiger partial charge in [0.2, 0.25) is 5.91 Å². The van der Waals surface area contributed by atoms with E-state index in [1.807, 2.05) is 56.3 Å². The third-order valence-electron chi connectivity index (χ3n) is 4.08. The number of nitrogens with one attached hydrogen (secondary N) is 3. The summed E-state index contributed by atoms with van der Waals surface area (Å²) in [6.45, 7) is 4.10. The van der Waals surface area contributed by atoms with E-state index in [0.29, 0.717) is 37.6 Å². The zero-order valence-corrected chi connectivity index (χ0v) is 20.1. The predicted octanol–water partition coefficient (Wildman–Crippen LogP) is 3.24. The van der Waals surface area contributed by atoms with E-state index in [1.165, 1.54) is 6.07 Å².